The summed E-state index contributed by atoms with van der Waals surface area (Å²) < 4.78 is 0. The monoisotopic (exact) mass is 330 g/mol. The highest BCUT2D eigenvalue weighted by Crippen LogP contribution is 2.22. The quantitative estimate of drug-likeness (QED) is 0.666. The van der Waals surface area contributed by atoms with E-state index in [9.17, 15) is 4.79 Å². The molecule has 2 amide bonds. The Kier molecular flexibility index (Phi) is 5.47. The number of amides is 2. The minimum atomic E-state index is -0.210. The fraction of sp³-hybridized carbons (Fsp3) is 0.136. The summed E-state index contributed by atoms with van der Waals surface area (Å²) in [4.78, 5) is 12.6. The molecule has 3 nitrogen and oxygen atoms in total. The molecule has 3 rings (SSSR count). The van der Waals surface area contributed by atoms with Crippen LogP contribution >= 0.6 is 0 Å². The molecule has 0 saturated carbocycles. The van der Waals surface area contributed by atoms with Crippen LogP contribution in [0.3, 0.4) is 0 Å². The van der Waals surface area contributed by atoms with E-state index in [1.165, 1.54) is 0 Å². The third kappa shape index (κ3) is 4.27. The van der Waals surface area contributed by atoms with Gasteiger partial charge in [-0.1, -0.05) is 85.8 Å². The van der Waals surface area contributed by atoms with Crippen molar-refractivity contribution < 1.29 is 4.79 Å². The van der Waals surface area contributed by atoms with Crippen LogP contribution in [-0.4, -0.2) is 6.03 Å². The average molecular weight is 330 g/mol. The largest absolute Gasteiger partial charge is 0.327 e. The Balaban J connectivity index is 1.82. The van der Waals surface area contributed by atoms with E-state index in [1.807, 2.05) is 84.9 Å². The maximum atomic E-state index is 12.6. The highest BCUT2D eigenvalue weighted by molar-refractivity contribution is 5.90. The molecule has 0 aliphatic rings. The minimum absolute atomic E-state index is 0.198. The average Bonchev–Trinajstić information content (AvgIpc) is 2.68. The summed E-state index contributed by atoms with van der Waals surface area (Å²) in [7, 11) is 0. The van der Waals surface area contributed by atoms with Crippen molar-refractivity contribution in [3.05, 3.63) is 102 Å². The van der Waals surface area contributed by atoms with Gasteiger partial charge in [-0.15, -0.1) is 0 Å². The summed E-state index contributed by atoms with van der Waals surface area (Å²) in [6.45, 7) is 2.08. The Hall–Kier alpha value is -3.07. The molecule has 3 aromatic carbocycles. The number of nitrogens with one attached hydrogen (secondary N) is 2. The van der Waals surface area contributed by atoms with E-state index in [0.29, 0.717) is 0 Å². The van der Waals surface area contributed by atoms with Crippen LogP contribution in [0.2, 0.25) is 0 Å². The Morgan fingerprint density at radius 3 is 1.88 bits per heavy atom. The molecular formula is C22H22N2O. The van der Waals surface area contributed by atoms with Crippen LogP contribution in [0.15, 0.2) is 84.9 Å². The van der Waals surface area contributed by atoms with Crippen molar-refractivity contribution >= 4 is 11.7 Å². The number of hydrogen-bond donors (Lipinski definition) is 2. The predicted molar refractivity (Wildman–Crippen MR) is 103 cm³/mol. The number of carbonyl (C=O) groups is 1. The Morgan fingerprint density at radius 2 is 1.32 bits per heavy atom. The number of carbonyl (C=O) groups excluding carboxylic acids is 1. The van der Waals surface area contributed by atoms with Gasteiger partial charge in [0.15, 0.2) is 0 Å². The zero-order chi connectivity index (χ0) is 17.5. The Morgan fingerprint density at radius 1 is 0.800 bits per heavy atom. The Bertz CT molecular complexity index is 776. The molecule has 2 N–H and O–H groups in total. The van der Waals surface area contributed by atoms with E-state index in [-0.39, 0.29) is 12.1 Å². The van der Waals surface area contributed by atoms with Crippen molar-refractivity contribution in [1.29, 1.82) is 0 Å². The van der Waals surface area contributed by atoms with Crippen LogP contribution in [0.4, 0.5) is 10.5 Å². The molecule has 0 aliphatic heterocycles. The van der Waals surface area contributed by atoms with Gasteiger partial charge < -0.3 is 10.6 Å². The molecule has 126 valence electrons. The van der Waals surface area contributed by atoms with Gasteiger partial charge >= 0.3 is 6.03 Å². The topological polar surface area (TPSA) is 41.1 Å². The summed E-state index contributed by atoms with van der Waals surface area (Å²) in [5.74, 6) is 0. The van der Waals surface area contributed by atoms with Gasteiger partial charge in [0.1, 0.15) is 0 Å². The molecule has 0 spiro atoms. The first kappa shape index (κ1) is 16.8. The lowest BCUT2D eigenvalue weighted by atomic mass is 9.99. The maximum absolute atomic E-state index is 12.6. The lowest BCUT2D eigenvalue weighted by Crippen LogP contribution is -2.33. The molecule has 3 aromatic rings. The molecule has 0 heterocycles. The fourth-order valence-electron chi connectivity index (χ4n) is 2.89. The van der Waals surface area contributed by atoms with E-state index >= 15 is 0 Å². The maximum Gasteiger partial charge on any atom is 0.319 e. The van der Waals surface area contributed by atoms with Crippen molar-refractivity contribution in [3.8, 4) is 0 Å². The summed E-state index contributed by atoms with van der Waals surface area (Å²) in [5.41, 5.74) is 4.07. The molecule has 0 unspecified atom stereocenters. The molecule has 0 bridgehead atoms. The second kappa shape index (κ2) is 8.15. The lowest BCUT2D eigenvalue weighted by molar-refractivity contribution is 0.250. The van der Waals surface area contributed by atoms with Gasteiger partial charge in [-0.25, -0.2) is 4.79 Å². The van der Waals surface area contributed by atoms with E-state index in [4.69, 9.17) is 0 Å². The van der Waals surface area contributed by atoms with E-state index < -0.39 is 0 Å². The van der Waals surface area contributed by atoms with E-state index in [2.05, 4.69) is 17.6 Å². The molecule has 0 atom stereocenters. The highest BCUT2D eigenvalue weighted by Gasteiger charge is 2.17. The predicted octanol–water partition coefficient (Wildman–Crippen LogP) is 5.16. The molecule has 3 heteroatoms. The second-order valence-corrected chi connectivity index (χ2v) is 5.86. The van der Waals surface area contributed by atoms with Crippen molar-refractivity contribution in [2.75, 3.05) is 5.32 Å². The summed E-state index contributed by atoms with van der Waals surface area (Å²) in [5, 5.41) is 6.08. The van der Waals surface area contributed by atoms with Crippen LogP contribution in [0, 0.1) is 0 Å². The normalized spacial score (nSPS) is 10.5. The van der Waals surface area contributed by atoms with Gasteiger partial charge in [0.25, 0.3) is 0 Å². The zero-order valence-corrected chi connectivity index (χ0v) is 14.3. The van der Waals surface area contributed by atoms with Gasteiger partial charge in [-0.05, 0) is 29.2 Å². The third-order valence-electron chi connectivity index (χ3n) is 4.19. The van der Waals surface area contributed by atoms with Crippen LogP contribution in [-0.2, 0) is 6.42 Å². The van der Waals surface area contributed by atoms with Crippen molar-refractivity contribution in [1.82, 2.24) is 5.32 Å². The van der Waals surface area contributed by atoms with Gasteiger partial charge in [-0.2, -0.15) is 0 Å². The summed E-state index contributed by atoms with van der Waals surface area (Å²) in [6, 6.07) is 27.5. The van der Waals surface area contributed by atoms with Crippen LogP contribution < -0.4 is 10.6 Å². The van der Waals surface area contributed by atoms with Crippen LogP contribution in [0.5, 0.6) is 0 Å². The first-order valence-electron chi connectivity index (χ1n) is 8.53. The number of para-hydroxylation sites is 1. The van der Waals surface area contributed by atoms with Crippen molar-refractivity contribution in [2.45, 2.75) is 19.4 Å². The molecular weight excluding hydrogens is 308 g/mol. The van der Waals surface area contributed by atoms with Crippen LogP contribution in [0.25, 0.3) is 0 Å². The molecule has 0 saturated heterocycles. The molecule has 0 fully saturated rings. The number of hydrogen-bond acceptors (Lipinski definition) is 1. The first-order valence-corrected chi connectivity index (χ1v) is 8.53. The smallest absolute Gasteiger partial charge is 0.319 e. The van der Waals surface area contributed by atoms with E-state index in [0.717, 1.165) is 28.8 Å². The van der Waals surface area contributed by atoms with Crippen molar-refractivity contribution in [3.63, 3.8) is 0 Å². The molecule has 0 aromatic heterocycles. The molecule has 0 aliphatic carbocycles. The fourth-order valence-corrected chi connectivity index (χ4v) is 2.89. The number of aryl methyl sites for hydroxylation is 1. The van der Waals surface area contributed by atoms with Gasteiger partial charge in [0.05, 0.1) is 6.04 Å². The summed E-state index contributed by atoms with van der Waals surface area (Å²) >= 11 is 0. The minimum Gasteiger partial charge on any atom is -0.327 e. The van der Waals surface area contributed by atoms with E-state index in [1.54, 1.807) is 0 Å². The van der Waals surface area contributed by atoms with Gasteiger partial charge in [0.2, 0.25) is 0 Å². The Labute approximate surface area is 148 Å². The van der Waals surface area contributed by atoms with Crippen molar-refractivity contribution in [2.24, 2.45) is 0 Å². The third-order valence-corrected chi connectivity index (χ3v) is 4.19. The second-order valence-electron chi connectivity index (χ2n) is 5.86. The number of rotatable bonds is 5. The number of urea groups is 1. The SMILES string of the molecule is CCc1ccccc1NC(=O)NC(c1ccccc1)c1ccccc1. The summed E-state index contributed by atoms with van der Waals surface area (Å²) in [6.07, 6.45) is 0.872. The van der Waals surface area contributed by atoms with Gasteiger partial charge in [0, 0.05) is 5.69 Å². The molecule has 25 heavy (non-hydrogen) atoms. The first-order chi connectivity index (χ1) is 12.3. The van der Waals surface area contributed by atoms with Gasteiger partial charge in [-0.3, -0.25) is 0 Å². The number of anilines is 1. The highest BCUT2D eigenvalue weighted by atomic mass is 16.2. The zero-order valence-electron chi connectivity index (χ0n) is 14.3. The number of benzene rings is 3. The standard InChI is InChI=1S/C22H22N2O/c1-2-17-11-9-10-16-20(17)23-22(25)24-21(18-12-5-3-6-13-18)19-14-7-4-8-15-19/h3-16,21H,2H2,1H3,(H2,23,24,25). The van der Waals surface area contributed by atoms with Crippen LogP contribution in [0.1, 0.15) is 29.7 Å². The molecule has 0 radical (unpaired) electrons. The lowest BCUT2D eigenvalue weighted by Gasteiger charge is -2.20.